The van der Waals surface area contributed by atoms with Gasteiger partial charge in [-0.1, -0.05) is 0 Å². The Morgan fingerprint density at radius 1 is 0.818 bits per heavy atom. The minimum Gasteiger partial charge on any atom is -0.549 e. The van der Waals surface area contributed by atoms with Gasteiger partial charge in [0, 0.05) is 58.4 Å². The average molecular weight is 299 g/mol. The van der Waals surface area contributed by atoms with Gasteiger partial charge in [0.2, 0.25) is 0 Å². The van der Waals surface area contributed by atoms with E-state index in [1.54, 1.807) is 9.80 Å². The second-order valence-electron chi connectivity index (χ2n) is 5.43. The number of hydrogen-bond acceptors (Lipinski definition) is 7. The zero-order chi connectivity index (χ0) is 15.1. The minimum absolute atomic E-state index is 0. The first-order chi connectivity index (χ1) is 9.38. The van der Waals surface area contributed by atoms with E-state index in [0.29, 0.717) is 32.2 Å². The van der Waals surface area contributed by atoms with E-state index < -0.39 is 11.9 Å². The number of carboxylic acid groups (broad SMARTS) is 2. The van der Waals surface area contributed by atoms with E-state index in [1.807, 2.05) is 0 Å². The number of carbonyl (C=O) groups excluding carboxylic acids is 2. The van der Waals surface area contributed by atoms with Crippen LogP contribution in [0.15, 0.2) is 0 Å². The summed E-state index contributed by atoms with van der Waals surface area (Å²) < 4.78 is 0. The van der Waals surface area contributed by atoms with Crippen molar-refractivity contribution in [1.82, 2.24) is 14.7 Å². The number of hydrogen-bond donors (Lipinski definition) is 0. The smallest absolute Gasteiger partial charge is 0.549 e. The number of carbonyl (C=O) groups is 2. The van der Waals surface area contributed by atoms with Crippen LogP contribution in [0.4, 0.5) is 0 Å². The number of nitrogens with zero attached hydrogens (tertiary/aromatic N) is 3. The van der Waals surface area contributed by atoms with E-state index in [0.717, 1.165) is 13.1 Å². The van der Waals surface area contributed by atoms with Crippen LogP contribution in [0.3, 0.4) is 0 Å². The molecule has 7 nitrogen and oxygen atoms in total. The summed E-state index contributed by atoms with van der Waals surface area (Å²) in [4.78, 5) is 27.3. The Kier molecular flexibility index (Phi) is 13.7. The zero-order valence-electron chi connectivity index (χ0n) is 14.2. The third-order valence-corrected chi connectivity index (χ3v) is 3.58. The van der Waals surface area contributed by atoms with Crippen LogP contribution in [0.1, 0.15) is 13.8 Å². The van der Waals surface area contributed by atoms with Crippen molar-refractivity contribution in [3.05, 3.63) is 0 Å². The van der Waals surface area contributed by atoms with Gasteiger partial charge < -0.3 is 19.8 Å². The molecule has 22 heavy (non-hydrogen) atoms. The zero-order valence-corrected chi connectivity index (χ0v) is 14.2. The van der Waals surface area contributed by atoms with Crippen LogP contribution >= 0.6 is 0 Å². The third-order valence-electron chi connectivity index (χ3n) is 3.58. The van der Waals surface area contributed by atoms with Gasteiger partial charge in [0.1, 0.15) is 0 Å². The molecule has 1 fully saturated rings. The fourth-order valence-corrected chi connectivity index (χ4v) is 2.36. The molecule has 116 valence electrons. The average Bonchev–Trinajstić information content (AvgIpc) is 2.40. The van der Waals surface area contributed by atoms with E-state index in [4.69, 9.17) is 0 Å². The Morgan fingerprint density at radius 2 is 1.14 bits per heavy atom. The summed E-state index contributed by atoms with van der Waals surface area (Å²) in [7, 11) is 0. The van der Waals surface area contributed by atoms with E-state index in [1.165, 1.54) is 0 Å². The molecule has 0 bridgehead atoms. The Morgan fingerprint density at radius 3 is 1.41 bits per heavy atom. The van der Waals surface area contributed by atoms with Gasteiger partial charge in [0.25, 0.3) is 0 Å². The second-order valence-corrected chi connectivity index (χ2v) is 5.43. The molecule has 0 unspecified atom stereocenters. The molecule has 0 aromatic carbocycles. The Balaban J connectivity index is 0. The van der Waals surface area contributed by atoms with Gasteiger partial charge in [0.05, 0.1) is 11.9 Å². The molecule has 0 amide bonds. The Labute approximate surface area is 156 Å². The van der Waals surface area contributed by atoms with Crippen LogP contribution in [0.25, 0.3) is 0 Å². The van der Waals surface area contributed by atoms with Crippen LogP contribution < -0.4 is 47.9 Å². The molecule has 0 saturated carbocycles. The predicted octanol–water partition coefficient (Wildman–Crippen LogP) is -9.18. The molecule has 0 N–H and O–H groups in total. The van der Waals surface area contributed by atoms with Crippen molar-refractivity contribution in [2.75, 3.05) is 52.4 Å². The quantitative estimate of drug-likeness (QED) is 0.466. The first-order valence-corrected chi connectivity index (χ1v) is 6.97. The van der Waals surface area contributed by atoms with Crippen molar-refractivity contribution in [2.45, 2.75) is 19.9 Å². The van der Waals surface area contributed by atoms with E-state index in [-0.39, 0.29) is 50.8 Å². The van der Waals surface area contributed by atoms with E-state index in [9.17, 15) is 19.8 Å². The van der Waals surface area contributed by atoms with Crippen LogP contribution in [0.5, 0.6) is 0 Å². The SMILES string of the molecule is CC(C)N1CCN(CC(=O)[O-])CCN(CC(=O)[O-])CC1.[Li+].[Li+]. The monoisotopic (exact) mass is 299 g/mol. The van der Waals surface area contributed by atoms with Gasteiger partial charge in [-0.15, -0.1) is 0 Å². The van der Waals surface area contributed by atoms with Gasteiger partial charge in [-0.25, -0.2) is 0 Å². The van der Waals surface area contributed by atoms with Crippen molar-refractivity contribution in [2.24, 2.45) is 0 Å². The van der Waals surface area contributed by atoms with Gasteiger partial charge in [-0.3, -0.25) is 14.7 Å². The first kappa shape index (κ1) is 24.3. The summed E-state index contributed by atoms with van der Waals surface area (Å²) in [6.45, 7) is 7.77. The normalized spacial score (nSPS) is 18.5. The molecular weight excluding hydrogens is 276 g/mol. The molecule has 1 aliphatic rings. The summed E-state index contributed by atoms with van der Waals surface area (Å²) >= 11 is 0. The third kappa shape index (κ3) is 9.92. The van der Waals surface area contributed by atoms with Gasteiger partial charge >= 0.3 is 37.7 Å². The summed E-state index contributed by atoms with van der Waals surface area (Å²) in [5.41, 5.74) is 0. The predicted molar refractivity (Wildman–Crippen MR) is 69.6 cm³/mol. The molecule has 1 saturated heterocycles. The first-order valence-electron chi connectivity index (χ1n) is 6.97. The maximum absolute atomic E-state index is 10.7. The molecule has 0 aromatic rings. The molecule has 0 radical (unpaired) electrons. The standard InChI is InChI=1S/C13H25N3O4.2Li/c1-11(2)16-7-5-14(9-12(17)18)3-4-15(6-8-16)10-13(19)20;;/h11H,3-10H2,1-2H3,(H,17,18)(H,19,20);;/q;2*+1/p-2. The fraction of sp³-hybridized carbons (Fsp3) is 0.846. The van der Waals surface area contributed by atoms with Crippen molar-refractivity contribution >= 4 is 11.9 Å². The van der Waals surface area contributed by atoms with Crippen molar-refractivity contribution in [1.29, 1.82) is 0 Å². The molecule has 1 heterocycles. The van der Waals surface area contributed by atoms with Crippen molar-refractivity contribution in [3.8, 4) is 0 Å². The number of aliphatic carboxylic acids is 2. The molecule has 9 heteroatoms. The topological polar surface area (TPSA) is 90.0 Å². The molecule has 1 rings (SSSR count). The summed E-state index contributed by atoms with van der Waals surface area (Å²) in [5.74, 6) is -2.21. The fourth-order valence-electron chi connectivity index (χ4n) is 2.36. The molecule has 0 spiro atoms. The molecule has 0 aliphatic carbocycles. The van der Waals surface area contributed by atoms with Crippen LogP contribution in [-0.2, 0) is 9.59 Å². The largest absolute Gasteiger partial charge is 1.00 e. The van der Waals surface area contributed by atoms with Gasteiger partial charge in [0.15, 0.2) is 0 Å². The summed E-state index contributed by atoms with van der Waals surface area (Å²) in [6.07, 6.45) is 0. The minimum atomic E-state index is -1.10. The molecule has 1 aliphatic heterocycles. The maximum Gasteiger partial charge on any atom is 1.00 e. The van der Waals surface area contributed by atoms with Gasteiger partial charge in [-0.05, 0) is 13.8 Å². The number of carboxylic acids is 2. The summed E-state index contributed by atoms with van der Waals surface area (Å²) in [5, 5.41) is 21.5. The van der Waals surface area contributed by atoms with Crippen LogP contribution in [0.2, 0.25) is 0 Å². The van der Waals surface area contributed by atoms with Crippen LogP contribution in [-0.4, -0.2) is 85.0 Å². The molecule has 0 atom stereocenters. The molecular formula is C13H23Li2N3O4. The van der Waals surface area contributed by atoms with Crippen LogP contribution in [0, 0.1) is 0 Å². The Hall–Kier alpha value is 0.0148. The Bertz CT molecular complexity index is 317. The van der Waals surface area contributed by atoms with E-state index >= 15 is 0 Å². The maximum atomic E-state index is 10.7. The van der Waals surface area contributed by atoms with Crippen molar-refractivity contribution in [3.63, 3.8) is 0 Å². The molecule has 0 aromatic heterocycles. The van der Waals surface area contributed by atoms with Gasteiger partial charge in [-0.2, -0.15) is 0 Å². The van der Waals surface area contributed by atoms with Crippen molar-refractivity contribution < 1.29 is 57.5 Å². The second kappa shape index (κ2) is 12.4. The van der Waals surface area contributed by atoms with E-state index in [2.05, 4.69) is 18.7 Å². The number of rotatable bonds is 5. The summed E-state index contributed by atoms with van der Waals surface area (Å²) in [6, 6.07) is 0.336.